The zero-order valence-corrected chi connectivity index (χ0v) is 15.2. The quantitative estimate of drug-likeness (QED) is 0.634. The topological polar surface area (TPSA) is 68.3 Å². The summed E-state index contributed by atoms with van der Waals surface area (Å²) in [4.78, 5) is 28.1. The first kappa shape index (κ1) is 18.7. The van der Waals surface area contributed by atoms with Gasteiger partial charge in [-0.05, 0) is 24.1 Å². The van der Waals surface area contributed by atoms with E-state index in [1.165, 1.54) is 23.5 Å². The van der Waals surface area contributed by atoms with Crippen molar-refractivity contribution in [2.45, 2.75) is 6.42 Å². The van der Waals surface area contributed by atoms with Crippen LogP contribution in [0.25, 0.3) is 10.6 Å². The molecule has 1 aromatic heterocycles. The molecule has 0 aliphatic rings. The second-order valence-corrected chi connectivity index (χ2v) is 6.56. The number of hydrogen-bond donors (Lipinski definition) is 1. The van der Waals surface area contributed by atoms with Crippen LogP contribution in [0.5, 0.6) is 0 Å². The molecule has 0 fully saturated rings. The van der Waals surface area contributed by atoms with Gasteiger partial charge in [0.15, 0.2) is 12.3 Å². The summed E-state index contributed by atoms with van der Waals surface area (Å²) in [6.45, 7) is -0.00266. The Morgan fingerprint density at radius 1 is 1.07 bits per heavy atom. The van der Waals surface area contributed by atoms with Gasteiger partial charge in [-0.3, -0.25) is 4.79 Å². The van der Waals surface area contributed by atoms with Crippen LogP contribution in [0, 0.1) is 5.82 Å². The molecule has 1 N–H and O–H groups in total. The average molecular weight is 384 g/mol. The smallest absolute Gasteiger partial charge is 0.358 e. The SMILES string of the molecule is O=C(COC(=O)c1csc(-c2ccccc2)n1)NCCc1ccc(F)cc1. The molecule has 27 heavy (non-hydrogen) atoms. The predicted octanol–water partition coefficient (Wildman–Crippen LogP) is 3.46. The highest BCUT2D eigenvalue weighted by atomic mass is 32.1. The Morgan fingerprint density at radius 3 is 2.56 bits per heavy atom. The summed E-state index contributed by atoms with van der Waals surface area (Å²) in [5, 5.41) is 4.98. The summed E-state index contributed by atoms with van der Waals surface area (Å²) in [7, 11) is 0. The fraction of sp³-hybridized carbons (Fsp3) is 0.150. The second-order valence-electron chi connectivity index (χ2n) is 5.71. The van der Waals surface area contributed by atoms with E-state index < -0.39 is 11.9 Å². The lowest BCUT2D eigenvalue weighted by Gasteiger charge is -2.06. The summed E-state index contributed by atoms with van der Waals surface area (Å²) in [6.07, 6.45) is 0.562. The lowest BCUT2D eigenvalue weighted by molar-refractivity contribution is -0.124. The molecule has 0 radical (unpaired) electrons. The Bertz CT molecular complexity index is 910. The largest absolute Gasteiger partial charge is 0.451 e. The molecular weight excluding hydrogens is 367 g/mol. The Labute approximate surface area is 159 Å². The normalized spacial score (nSPS) is 10.4. The number of ether oxygens (including phenoxy) is 1. The minimum absolute atomic E-state index is 0.179. The van der Waals surface area contributed by atoms with Crippen molar-refractivity contribution in [3.63, 3.8) is 0 Å². The Kier molecular flexibility index (Phi) is 6.27. The van der Waals surface area contributed by atoms with Crippen LogP contribution < -0.4 is 5.32 Å². The van der Waals surface area contributed by atoms with Crippen molar-refractivity contribution >= 4 is 23.2 Å². The van der Waals surface area contributed by atoms with Crippen molar-refractivity contribution in [1.82, 2.24) is 10.3 Å². The number of nitrogens with one attached hydrogen (secondary N) is 1. The van der Waals surface area contributed by atoms with Gasteiger partial charge in [-0.15, -0.1) is 11.3 Å². The van der Waals surface area contributed by atoms with Crippen LogP contribution in [0.1, 0.15) is 16.1 Å². The standard InChI is InChI=1S/C20H17FN2O3S/c21-16-8-6-14(7-9-16)10-11-22-18(24)12-26-20(25)17-13-27-19(23-17)15-4-2-1-3-5-15/h1-9,13H,10-12H2,(H,22,24). The number of amides is 1. The highest BCUT2D eigenvalue weighted by molar-refractivity contribution is 7.13. The molecule has 0 saturated heterocycles. The van der Waals surface area contributed by atoms with Crippen LogP contribution in [-0.4, -0.2) is 30.0 Å². The van der Waals surface area contributed by atoms with E-state index in [0.717, 1.165) is 11.1 Å². The molecule has 0 atom stereocenters. The molecule has 7 heteroatoms. The zero-order chi connectivity index (χ0) is 19.1. The third-order valence-electron chi connectivity index (χ3n) is 3.72. The van der Waals surface area contributed by atoms with E-state index in [2.05, 4.69) is 10.3 Å². The predicted molar refractivity (Wildman–Crippen MR) is 101 cm³/mol. The molecule has 3 aromatic rings. The van der Waals surface area contributed by atoms with Crippen LogP contribution in [0.15, 0.2) is 60.0 Å². The van der Waals surface area contributed by atoms with Gasteiger partial charge in [0.25, 0.3) is 5.91 Å². The molecule has 0 unspecified atom stereocenters. The average Bonchev–Trinajstić information content (AvgIpc) is 3.19. The molecule has 0 bridgehead atoms. The lowest BCUT2D eigenvalue weighted by Crippen LogP contribution is -2.30. The molecule has 1 heterocycles. The van der Waals surface area contributed by atoms with Crippen molar-refractivity contribution in [3.8, 4) is 10.6 Å². The fourth-order valence-electron chi connectivity index (χ4n) is 2.33. The number of hydrogen-bond acceptors (Lipinski definition) is 5. The van der Waals surface area contributed by atoms with Crippen molar-refractivity contribution in [2.75, 3.05) is 13.2 Å². The number of rotatable bonds is 7. The van der Waals surface area contributed by atoms with Gasteiger partial charge in [-0.1, -0.05) is 42.5 Å². The number of benzene rings is 2. The van der Waals surface area contributed by atoms with Crippen molar-refractivity contribution in [2.24, 2.45) is 0 Å². The maximum absolute atomic E-state index is 12.8. The van der Waals surface area contributed by atoms with Gasteiger partial charge in [-0.2, -0.15) is 0 Å². The van der Waals surface area contributed by atoms with Gasteiger partial charge in [-0.25, -0.2) is 14.2 Å². The zero-order valence-electron chi connectivity index (χ0n) is 14.4. The lowest BCUT2D eigenvalue weighted by atomic mass is 10.1. The van der Waals surface area contributed by atoms with Crippen LogP contribution >= 0.6 is 11.3 Å². The number of carbonyl (C=O) groups excluding carboxylic acids is 2. The van der Waals surface area contributed by atoms with Gasteiger partial charge in [0, 0.05) is 17.5 Å². The van der Waals surface area contributed by atoms with Gasteiger partial charge in [0.05, 0.1) is 0 Å². The van der Waals surface area contributed by atoms with Gasteiger partial charge >= 0.3 is 5.97 Å². The van der Waals surface area contributed by atoms with Gasteiger partial charge < -0.3 is 10.1 Å². The van der Waals surface area contributed by atoms with E-state index in [4.69, 9.17) is 4.74 Å². The number of carbonyl (C=O) groups is 2. The van der Waals surface area contributed by atoms with Crippen LogP contribution in [-0.2, 0) is 16.0 Å². The summed E-state index contributed by atoms with van der Waals surface area (Å²) < 4.78 is 17.8. The molecule has 3 rings (SSSR count). The minimum Gasteiger partial charge on any atom is -0.451 e. The maximum Gasteiger partial charge on any atom is 0.358 e. The second kappa shape index (κ2) is 9.05. The van der Waals surface area contributed by atoms with Gasteiger partial charge in [0.2, 0.25) is 0 Å². The summed E-state index contributed by atoms with van der Waals surface area (Å²) in [5.74, 6) is -1.33. The number of thiazole rings is 1. The van der Waals surface area contributed by atoms with Crippen LogP contribution in [0.4, 0.5) is 4.39 Å². The fourth-order valence-corrected chi connectivity index (χ4v) is 3.13. The summed E-state index contributed by atoms with van der Waals surface area (Å²) >= 11 is 1.34. The maximum atomic E-state index is 12.8. The number of halogens is 1. The molecule has 2 aromatic carbocycles. The van der Waals surface area contributed by atoms with E-state index in [1.54, 1.807) is 17.5 Å². The van der Waals surface area contributed by atoms with E-state index >= 15 is 0 Å². The first-order valence-electron chi connectivity index (χ1n) is 8.31. The van der Waals surface area contributed by atoms with Crippen LogP contribution in [0.2, 0.25) is 0 Å². The van der Waals surface area contributed by atoms with Crippen LogP contribution in [0.3, 0.4) is 0 Å². The van der Waals surface area contributed by atoms with Crippen molar-refractivity contribution in [1.29, 1.82) is 0 Å². The molecule has 1 amide bonds. The van der Waals surface area contributed by atoms with E-state index in [1.807, 2.05) is 30.3 Å². The molecule has 0 aliphatic heterocycles. The monoisotopic (exact) mass is 384 g/mol. The van der Waals surface area contributed by atoms with E-state index in [-0.39, 0.29) is 18.1 Å². The third kappa shape index (κ3) is 5.46. The number of nitrogens with zero attached hydrogens (tertiary/aromatic N) is 1. The Morgan fingerprint density at radius 2 is 1.81 bits per heavy atom. The highest BCUT2D eigenvalue weighted by Gasteiger charge is 2.14. The minimum atomic E-state index is -0.637. The van der Waals surface area contributed by atoms with E-state index in [9.17, 15) is 14.0 Å². The van der Waals surface area contributed by atoms with Crippen molar-refractivity contribution < 1.29 is 18.7 Å². The molecular formula is C20H17FN2O3S. The van der Waals surface area contributed by atoms with Gasteiger partial charge in [0.1, 0.15) is 10.8 Å². The Hall–Kier alpha value is -3.06. The first-order chi connectivity index (χ1) is 13.1. The molecule has 0 aliphatic carbocycles. The molecule has 138 valence electrons. The highest BCUT2D eigenvalue weighted by Crippen LogP contribution is 2.23. The molecule has 5 nitrogen and oxygen atoms in total. The Balaban J connectivity index is 1.43. The summed E-state index contributed by atoms with van der Waals surface area (Å²) in [6, 6.07) is 15.6. The van der Waals surface area contributed by atoms with E-state index in [0.29, 0.717) is 18.0 Å². The summed E-state index contributed by atoms with van der Waals surface area (Å²) in [5.41, 5.74) is 2.00. The number of esters is 1. The first-order valence-corrected chi connectivity index (χ1v) is 9.19. The van der Waals surface area contributed by atoms with Crippen molar-refractivity contribution in [3.05, 3.63) is 77.1 Å². The third-order valence-corrected chi connectivity index (χ3v) is 4.61. The molecule has 0 spiro atoms. The number of aromatic nitrogens is 1. The molecule has 0 saturated carbocycles.